The van der Waals surface area contributed by atoms with Crippen LogP contribution in [0.1, 0.15) is 85.9 Å². The molecule has 0 saturated carbocycles. The molecule has 0 aliphatic heterocycles. The Morgan fingerprint density at radius 1 is 0.578 bits per heavy atom. The number of hydrogen-bond acceptors (Lipinski definition) is 0. The standard InChI is InChI=1S/C19H19.C18H17.2C2H5.2ClH.H2Si.Zr/c1-4-15-11-16-6-5-7-18(19(16)12-15)17-9-13(2)8-14(3)10-17;1-12-7-13(2)10-16(9-12)17-6-4-5-15-8-14(3)11-18(15)17;2*1-2;;;;/h5-12H,4H2,1-3H3;4-11H,1-3H3;2*1H2,2H3;2*1H;1H2;. The first-order chi connectivity index (χ1) is 20.5. The Morgan fingerprint density at radius 3 is 1.42 bits per heavy atom. The van der Waals surface area contributed by atoms with Crippen molar-refractivity contribution in [1.82, 2.24) is 0 Å². The first-order valence-electron chi connectivity index (χ1n) is 16.4. The number of rotatable bonds is 7. The van der Waals surface area contributed by atoms with Crippen LogP contribution in [0.5, 0.6) is 0 Å². The summed E-state index contributed by atoms with van der Waals surface area (Å²) in [6, 6.07) is 28.5. The predicted molar refractivity (Wildman–Crippen MR) is 204 cm³/mol. The van der Waals surface area contributed by atoms with Crippen LogP contribution in [-0.4, -0.2) is 6.88 Å². The molecule has 0 aromatic heterocycles. The zero-order chi connectivity index (χ0) is 30.7. The van der Waals surface area contributed by atoms with Gasteiger partial charge in [0.2, 0.25) is 0 Å². The number of hydrogen-bond donors (Lipinski definition) is 0. The second kappa shape index (κ2) is 13.3. The van der Waals surface area contributed by atoms with E-state index in [9.17, 15) is 0 Å². The van der Waals surface area contributed by atoms with Gasteiger partial charge in [-0.1, -0.05) is 0 Å². The van der Waals surface area contributed by atoms with E-state index in [0.717, 1.165) is 6.42 Å². The van der Waals surface area contributed by atoms with E-state index < -0.39 is 17.4 Å². The Balaban J connectivity index is 0.00000230. The molecular weight excluding hydrogens is 683 g/mol. The van der Waals surface area contributed by atoms with E-state index in [2.05, 4.69) is 147 Å². The monoisotopic (exact) mass is 730 g/mol. The fraction of sp³-hybridized carbons (Fsp3) is 0.317. The van der Waals surface area contributed by atoms with Crippen LogP contribution in [0.4, 0.5) is 0 Å². The predicted octanol–water partition coefficient (Wildman–Crippen LogP) is 12.2. The molecule has 2 aliphatic carbocycles. The SMILES string of the molecule is CCC1=Cc2c(-c3cc(C)cc(C)c3)cccc2[CH]1[Zr](=[SiH2])([CH2]C)([CH2]C)[CH]1C(C)=Cc2c(-c3cc(C)cc(C)c3)cccc21.Cl.Cl. The van der Waals surface area contributed by atoms with E-state index in [1.54, 1.807) is 22.3 Å². The first kappa shape index (κ1) is 35.9. The third-order valence-corrected chi connectivity index (χ3v) is 42.2. The van der Waals surface area contributed by atoms with E-state index in [0.29, 0.717) is 7.25 Å². The molecule has 0 fully saturated rings. The number of benzene rings is 4. The third kappa shape index (κ3) is 5.77. The van der Waals surface area contributed by atoms with Crippen LogP contribution in [0, 0.1) is 27.7 Å². The molecule has 0 N–H and O–H groups in total. The molecule has 6 rings (SSSR count). The van der Waals surface area contributed by atoms with E-state index in [-0.39, 0.29) is 24.8 Å². The quantitative estimate of drug-likeness (QED) is 0.166. The van der Waals surface area contributed by atoms with Gasteiger partial charge < -0.3 is 0 Å². The van der Waals surface area contributed by atoms with E-state index >= 15 is 0 Å². The van der Waals surface area contributed by atoms with Gasteiger partial charge in [0.05, 0.1) is 0 Å². The Bertz CT molecular complexity index is 1860. The summed E-state index contributed by atoms with van der Waals surface area (Å²) in [6.07, 6.45) is 6.33. The average Bonchev–Trinajstić information content (AvgIpc) is 3.54. The van der Waals surface area contributed by atoms with Gasteiger partial charge in [-0.2, -0.15) is 0 Å². The normalized spacial score (nSPS) is 17.1. The maximum absolute atomic E-state index is 3.70. The second-order valence-electron chi connectivity index (χ2n) is 14.0. The minimum absolute atomic E-state index is 0. The number of halogens is 2. The fourth-order valence-corrected chi connectivity index (χ4v) is 33.1. The summed E-state index contributed by atoms with van der Waals surface area (Å²) in [5.74, 6) is 0. The van der Waals surface area contributed by atoms with Crippen molar-refractivity contribution in [3.8, 4) is 22.3 Å². The van der Waals surface area contributed by atoms with Gasteiger partial charge in [-0.3, -0.25) is 0 Å². The third-order valence-electron chi connectivity index (χ3n) is 11.3. The van der Waals surface area contributed by atoms with Crippen LogP contribution in [0.3, 0.4) is 0 Å². The Kier molecular flexibility index (Phi) is 10.6. The van der Waals surface area contributed by atoms with Gasteiger partial charge >= 0.3 is 264 Å². The molecule has 2 unspecified atom stereocenters. The zero-order valence-electron chi connectivity index (χ0n) is 28.4. The van der Waals surface area contributed by atoms with Crippen LogP contribution < -0.4 is 0 Å². The number of fused-ring (bicyclic) bond motifs is 2. The molecule has 4 heteroatoms. The van der Waals surface area contributed by atoms with Crippen LogP contribution in [0.15, 0.2) is 83.9 Å². The molecule has 45 heavy (non-hydrogen) atoms. The second-order valence-corrected chi connectivity index (χ2v) is 41.6. The molecule has 0 radical (unpaired) electrons. The van der Waals surface area contributed by atoms with Crippen molar-refractivity contribution >= 4 is 43.8 Å². The Labute approximate surface area is 287 Å². The van der Waals surface area contributed by atoms with Gasteiger partial charge in [0.15, 0.2) is 0 Å². The number of aryl methyl sites for hydroxylation is 4. The van der Waals surface area contributed by atoms with Crippen LogP contribution in [0.2, 0.25) is 8.26 Å². The average molecular weight is 733 g/mol. The molecule has 0 bridgehead atoms. The summed E-state index contributed by atoms with van der Waals surface area (Å²) in [5, 5.41) is 0. The van der Waals surface area contributed by atoms with E-state index in [1.807, 2.05) is 0 Å². The fourth-order valence-electron chi connectivity index (χ4n) is 9.27. The van der Waals surface area contributed by atoms with Gasteiger partial charge in [-0.05, 0) is 0 Å². The molecule has 0 nitrogen and oxygen atoms in total. The molecule has 0 heterocycles. The molecule has 2 aliphatic rings. The molecule has 4 aromatic rings. The first-order valence-corrected chi connectivity index (χ1v) is 28.6. The molecule has 2 atom stereocenters. The molecule has 236 valence electrons. The van der Waals surface area contributed by atoms with E-state index in [1.165, 1.54) is 63.9 Å². The van der Waals surface area contributed by atoms with Crippen LogP contribution in [-0.2, 0) is 17.4 Å². The topological polar surface area (TPSA) is 0 Å². The minimum Gasteiger partial charge on any atom is -0.147 e. The van der Waals surface area contributed by atoms with Gasteiger partial charge in [0, 0.05) is 0 Å². The summed E-state index contributed by atoms with van der Waals surface area (Å²) < 4.78 is 3.79. The van der Waals surface area contributed by atoms with Crippen molar-refractivity contribution in [1.29, 1.82) is 0 Å². The molecular formula is C41H50Cl2SiZr. The summed E-state index contributed by atoms with van der Waals surface area (Å²) in [7, 11) is 0. The summed E-state index contributed by atoms with van der Waals surface area (Å²) in [6.45, 7) is 21.4. The van der Waals surface area contributed by atoms with Crippen LogP contribution >= 0.6 is 24.8 Å². The maximum Gasteiger partial charge on any atom is -0.147 e. The summed E-state index contributed by atoms with van der Waals surface area (Å²) in [5.41, 5.74) is 20.4. The van der Waals surface area contributed by atoms with E-state index in [4.69, 9.17) is 0 Å². The Hall–Kier alpha value is -1.96. The minimum atomic E-state index is -3.70. The largest absolute Gasteiger partial charge is 0.147 e. The van der Waals surface area contributed by atoms with Gasteiger partial charge in [-0.25, -0.2) is 0 Å². The maximum atomic E-state index is 2.63. The Morgan fingerprint density at radius 2 is 1.00 bits per heavy atom. The van der Waals surface area contributed by atoms with Gasteiger partial charge in [0.25, 0.3) is 0 Å². The molecule has 0 saturated heterocycles. The van der Waals surface area contributed by atoms with Crippen molar-refractivity contribution in [2.75, 3.05) is 0 Å². The molecule has 0 amide bonds. The van der Waals surface area contributed by atoms with Crippen molar-refractivity contribution in [2.45, 2.75) is 77.3 Å². The van der Waals surface area contributed by atoms with Gasteiger partial charge in [-0.15, -0.1) is 24.8 Å². The van der Waals surface area contributed by atoms with Crippen molar-refractivity contribution < 1.29 is 17.4 Å². The molecule has 4 aromatic carbocycles. The molecule has 0 spiro atoms. The summed E-state index contributed by atoms with van der Waals surface area (Å²) in [4.78, 5) is 0. The van der Waals surface area contributed by atoms with Crippen LogP contribution in [0.25, 0.3) is 34.4 Å². The zero-order valence-corrected chi connectivity index (χ0v) is 33.9. The van der Waals surface area contributed by atoms with Gasteiger partial charge in [0.1, 0.15) is 0 Å². The van der Waals surface area contributed by atoms with Crippen molar-refractivity contribution in [2.24, 2.45) is 0 Å². The number of allylic oxidation sites excluding steroid dienone is 2. The van der Waals surface area contributed by atoms with Crippen molar-refractivity contribution in [3.05, 3.63) is 128 Å². The van der Waals surface area contributed by atoms with Crippen molar-refractivity contribution in [3.63, 3.8) is 0 Å². The smallest absolute Gasteiger partial charge is 0.147 e. The summed E-state index contributed by atoms with van der Waals surface area (Å²) >= 11 is -3.70.